The largest absolute Gasteiger partial charge is 0.466 e. The Morgan fingerprint density at radius 3 is 3.00 bits per heavy atom. The average molecular weight is 240 g/mol. The number of hydrogen-bond donors (Lipinski definition) is 1. The number of nitrogens with two attached hydrogens (primary N) is 1. The number of rotatable bonds is 4. The molecule has 2 atom stereocenters. The van der Waals surface area contributed by atoms with Crippen LogP contribution in [0.2, 0.25) is 0 Å². The summed E-state index contributed by atoms with van der Waals surface area (Å²) in [6.45, 7) is 2.85. The molecule has 1 aliphatic carbocycles. The van der Waals surface area contributed by atoms with Gasteiger partial charge in [-0.05, 0) is 32.2 Å². The Bertz CT molecular complexity index is 327. The molecule has 4 heteroatoms. The maximum absolute atomic E-state index is 5.97. The summed E-state index contributed by atoms with van der Waals surface area (Å²) in [5.74, 6) is 0.516. The molecule has 1 saturated carbocycles. The van der Waals surface area contributed by atoms with E-state index < -0.39 is 0 Å². The summed E-state index contributed by atoms with van der Waals surface area (Å²) in [7, 11) is 0. The highest BCUT2D eigenvalue weighted by molar-refractivity contribution is 7.11. The number of thiazole rings is 1. The first-order valence-electron chi connectivity index (χ1n) is 6.14. The van der Waals surface area contributed by atoms with Gasteiger partial charge in [0, 0.05) is 11.3 Å². The molecule has 0 aliphatic heterocycles. The first kappa shape index (κ1) is 11.9. The van der Waals surface area contributed by atoms with Gasteiger partial charge in [-0.1, -0.05) is 24.7 Å². The first-order valence-corrected chi connectivity index (χ1v) is 7.02. The number of aryl methyl sites for hydroxylation is 1. The van der Waals surface area contributed by atoms with Gasteiger partial charge in [0.2, 0.25) is 0 Å². The highest BCUT2D eigenvalue weighted by Crippen LogP contribution is 2.29. The smallest absolute Gasteiger partial charge is 0.273 e. The van der Waals surface area contributed by atoms with Gasteiger partial charge in [-0.3, -0.25) is 0 Å². The van der Waals surface area contributed by atoms with Crippen LogP contribution >= 0.6 is 11.3 Å². The minimum absolute atomic E-state index is 0.287. The van der Waals surface area contributed by atoms with E-state index >= 15 is 0 Å². The van der Waals surface area contributed by atoms with E-state index in [2.05, 4.69) is 17.3 Å². The maximum Gasteiger partial charge on any atom is 0.273 e. The molecule has 0 saturated heterocycles. The number of nitrogens with zero attached hydrogens (tertiary/aromatic N) is 1. The van der Waals surface area contributed by atoms with Crippen LogP contribution < -0.4 is 10.5 Å². The van der Waals surface area contributed by atoms with Gasteiger partial charge in [0.25, 0.3) is 5.19 Å². The molecule has 2 unspecified atom stereocenters. The zero-order chi connectivity index (χ0) is 11.4. The zero-order valence-corrected chi connectivity index (χ0v) is 10.6. The van der Waals surface area contributed by atoms with Gasteiger partial charge >= 0.3 is 0 Å². The van der Waals surface area contributed by atoms with E-state index in [0.29, 0.717) is 5.92 Å². The highest BCUT2D eigenvalue weighted by Gasteiger charge is 2.26. The lowest BCUT2D eigenvalue weighted by molar-refractivity contribution is 0.0965. The third-order valence-corrected chi connectivity index (χ3v) is 4.07. The quantitative estimate of drug-likeness (QED) is 0.880. The molecule has 2 N–H and O–H groups in total. The van der Waals surface area contributed by atoms with E-state index in [1.807, 2.05) is 0 Å². The van der Waals surface area contributed by atoms with Crippen LogP contribution in [0.25, 0.3) is 0 Å². The average Bonchev–Trinajstić information content (AvgIpc) is 2.77. The Kier molecular flexibility index (Phi) is 4.18. The lowest BCUT2D eigenvalue weighted by Gasteiger charge is -2.29. The number of ether oxygens (including phenoxy) is 1. The van der Waals surface area contributed by atoms with E-state index in [9.17, 15) is 0 Å². The molecule has 3 nitrogen and oxygen atoms in total. The van der Waals surface area contributed by atoms with E-state index in [1.54, 1.807) is 11.3 Å². The van der Waals surface area contributed by atoms with E-state index in [1.165, 1.54) is 19.3 Å². The molecule has 0 amide bonds. The monoisotopic (exact) mass is 240 g/mol. The number of hydrogen-bond acceptors (Lipinski definition) is 4. The first-order chi connectivity index (χ1) is 7.83. The second-order valence-corrected chi connectivity index (χ2v) is 5.22. The number of aromatic nitrogens is 1. The van der Waals surface area contributed by atoms with Gasteiger partial charge < -0.3 is 10.5 Å². The molecular weight excluding hydrogens is 220 g/mol. The minimum atomic E-state index is 0.287. The molecule has 0 radical (unpaired) electrons. The molecule has 1 aromatic heterocycles. The molecule has 90 valence electrons. The van der Waals surface area contributed by atoms with E-state index in [4.69, 9.17) is 10.5 Å². The summed E-state index contributed by atoms with van der Waals surface area (Å²) in [5.41, 5.74) is 6.91. The summed E-state index contributed by atoms with van der Waals surface area (Å²) < 4.78 is 5.97. The summed E-state index contributed by atoms with van der Waals surface area (Å²) in [4.78, 5) is 4.45. The predicted molar refractivity (Wildman–Crippen MR) is 66.9 cm³/mol. The van der Waals surface area contributed by atoms with E-state index in [0.717, 1.165) is 30.3 Å². The lowest BCUT2D eigenvalue weighted by Crippen LogP contribution is -2.35. The summed E-state index contributed by atoms with van der Waals surface area (Å²) in [6, 6.07) is 0. The zero-order valence-electron chi connectivity index (χ0n) is 9.82. The van der Waals surface area contributed by atoms with Crippen molar-refractivity contribution < 1.29 is 4.74 Å². The molecule has 0 bridgehead atoms. The normalized spacial score (nSPS) is 25.6. The minimum Gasteiger partial charge on any atom is -0.466 e. The molecule has 1 aromatic rings. The van der Waals surface area contributed by atoms with Gasteiger partial charge in [0.15, 0.2) is 0 Å². The van der Waals surface area contributed by atoms with Crippen molar-refractivity contribution >= 4 is 11.3 Å². The van der Waals surface area contributed by atoms with Gasteiger partial charge in [-0.15, -0.1) is 0 Å². The van der Waals surface area contributed by atoms with Crippen molar-refractivity contribution in [2.45, 2.75) is 45.1 Å². The van der Waals surface area contributed by atoms with Crippen LogP contribution in [0, 0.1) is 5.92 Å². The molecule has 2 rings (SSSR count). The van der Waals surface area contributed by atoms with Gasteiger partial charge in [0.05, 0.1) is 5.69 Å². The van der Waals surface area contributed by atoms with Crippen molar-refractivity contribution in [1.29, 1.82) is 0 Å². The van der Waals surface area contributed by atoms with Crippen molar-refractivity contribution in [3.8, 4) is 5.19 Å². The van der Waals surface area contributed by atoms with Crippen LogP contribution in [0.1, 0.15) is 38.3 Å². The Morgan fingerprint density at radius 2 is 2.31 bits per heavy atom. The standard InChI is InChI=1S/C12H20N2OS/c1-2-10-8-16-12(14-10)15-11-6-4-3-5-9(11)7-13/h8-9,11H,2-7,13H2,1H3. The third-order valence-electron chi connectivity index (χ3n) is 3.29. The van der Waals surface area contributed by atoms with Crippen LogP contribution in [0.5, 0.6) is 5.19 Å². The summed E-state index contributed by atoms with van der Waals surface area (Å²) in [5, 5.41) is 2.90. The molecule has 1 fully saturated rings. The fourth-order valence-electron chi connectivity index (χ4n) is 2.23. The van der Waals surface area contributed by atoms with Gasteiger partial charge in [-0.25, -0.2) is 4.98 Å². The van der Waals surface area contributed by atoms with Crippen molar-refractivity contribution in [2.24, 2.45) is 11.7 Å². The van der Waals surface area contributed by atoms with Crippen LogP contribution in [0.4, 0.5) is 0 Å². The predicted octanol–water partition coefficient (Wildman–Crippen LogP) is 2.60. The van der Waals surface area contributed by atoms with Gasteiger partial charge in [-0.2, -0.15) is 0 Å². The highest BCUT2D eigenvalue weighted by atomic mass is 32.1. The molecule has 16 heavy (non-hydrogen) atoms. The SMILES string of the molecule is CCc1csc(OC2CCCCC2CN)n1. The fraction of sp³-hybridized carbons (Fsp3) is 0.750. The molecule has 0 aromatic carbocycles. The Labute approximate surface area is 101 Å². The van der Waals surface area contributed by atoms with Gasteiger partial charge in [0.1, 0.15) is 6.10 Å². The second-order valence-electron chi connectivity index (χ2n) is 4.39. The topological polar surface area (TPSA) is 48.1 Å². The third kappa shape index (κ3) is 2.74. The molecule has 1 heterocycles. The van der Waals surface area contributed by atoms with Crippen LogP contribution in [0.3, 0.4) is 0 Å². The molecular formula is C12H20N2OS. The second kappa shape index (κ2) is 5.64. The van der Waals surface area contributed by atoms with Crippen LogP contribution in [0.15, 0.2) is 5.38 Å². The Morgan fingerprint density at radius 1 is 1.50 bits per heavy atom. The summed E-state index contributed by atoms with van der Waals surface area (Å²) in [6.07, 6.45) is 6.14. The Hall–Kier alpha value is -0.610. The van der Waals surface area contributed by atoms with Crippen LogP contribution in [-0.4, -0.2) is 17.6 Å². The molecule has 0 spiro atoms. The van der Waals surface area contributed by atoms with Crippen molar-refractivity contribution in [3.63, 3.8) is 0 Å². The summed E-state index contributed by atoms with van der Waals surface area (Å²) >= 11 is 1.61. The molecule has 1 aliphatic rings. The lowest BCUT2D eigenvalue weighted by atomic mass is 9.86. The maximum atomic E-state index is 5.97. The fourth-order valence-corrected chi connectivity index (χ4v) is 3.04. The van der Waals surface area contributed by atoms with Crippen molar-refractivity contribution in [2.75, 3.05) is 6.54 Å². The van der Waals surface area contributed by atoms with Crippen molar-refractivity contribution in [3.05, 3.63) is 11.1 Å². The Balaban J connectivity index is 1.96. The van der Waals surface area contributed by atoms with Crippen molar-refractivity contribution in [1.82, 2.24) is 4.98 Å². The van der Waals surface area contributed by atoms with Crippen LogP contribution in [-0.2, 0) is 6.42 Å². The van der Waals surface area contributed by atoms with E-state index in [-0.39, 0.29) is 6.10 Å².